The van der Waals surface area contributed by atoms with Crippen LogP contribution in [0, 0.1) is 0 Å². The van der Waals surface area contributed by atoms with E-state index in [1.807, 2.05) is 39.0 Å². The van der Waals surface area contributed by atoms with Crippen molar-refractivity contribution in [3.05, 3.63) is 23.0 Å². The maximum absolute atomic E-state index is 11.9. The highest BCUT2D eigenvalue weighted by molar-refractivity contribution is 7.16. The van der Waals surface area contributed by atoms with Crippen LogP contribution in [0.5, 0.6) is 5.75 Å². The zero-order chi connectivity index (χ0) is 16.7. The summed E-state index contributed by atoms with van der Waals surface area (Å²) in [4.78, 5) is 16.9. The summed E-state index contributed by atoms with van der Waals surface area (Å²) < 4.78 is 14.1. The Labute approximate surface area is 140 Å². The Bertz CT molecular complexity index is 718. The first-order chi connectivity index (χ1) is 11.2. The summed E-state index contributed by atoms with van der Waals surface area (Å²) in [6.45, 7) is 8.51. The molecule has 1 aromatic heterocycles. The second-order valence-corrected chi connectivity index (χ2v) is 6.06. The number of rotatable bonds is 8. The normalized spacial score (nSPS) is 12.0. The van der Waals surface area contributed by atoms with E-state index in [1.54, 1.807) is 0 Å². The Morgan fingerprint density at radius 1 is 1.26 bits per heavy atom. The minimum Gasteiger partial charge on any atom is -0.494 e. The molecular formula is C17H24N2O3S. The number of aromatic nitrogens is 1. The minimum atomic E-state index is -0.0748. The summed E-state index contributed by atoms with van der Waals surface area (Å²) in [6.07, 6.45) is 1.28. The molecule has 0 spiro atoms. The van der Waals surface area contributed by atoms with Crippen LogP contribution in [0.1, 0.15) is 33.6 Å². The smallest absolute Gasteiger partial charge is 0.248 e. The van der Waals surface area contributed by atoms with Crippen molar-refractivity contribution >= 4 is 27.5 Å². The van der Waals surface area contributed by atoms with Gasteiger partial charge in [-0.2, -0.15) is 4.99 Å². The van der Waals surface area contributed by atoms with Crippen molar-refractivity contribution in [1.29, 1.82) is 0 Å². The maximum atomic E-state index is 11.9. The Hall–Kier alpha value is -1.66. The topological polar surface area (TPSA) is 52.8 Å². The van der Waals surface area contributed by atoms with Crippen LogP contribution in [0.15, 0.2) is 23.2 Å². The molecule has 0 saturated carbocycles. The van der Waals surface area contributed by atoms with E-state index >= 15 is 0 Å². The molecule has 23 heavy (non-hydrogen) atoms. The third kappa shape index (κ3) is 4.65. The Kier molecular flexibility index (Phi) is 6.80. The molecule has 0 saturated heterocycles. The predicted octanol–water partition coefficient (Wildman–Crippen LogP) is 3.37. The van der Waals surface area contributed by atoms with Gasteiger partial charge in [0.15, 0.2) is 4.80 Å². The summed E-state index contributed by atoms with van der Waals surface area (Å²) in [5.41, 5.74) is 1.06. The number of benzene rings is 1. The third-order valence-corrected chi connectivity index (χ3v) is 4.35. The number of thiazole rings is 1. The summed E-state index contributed by atoms with van der Waals surface area (Å²) in [6, 6.07) is 5.98. The van der Waals surface area contributed by atoms with Crippen LogP contribution >= 0.6 is 11.3 Å². The number of hydrogen-bond acceptors (Lipinski definition) is 4. The molecule has 6 heteroatoms. The Morgan fingerprint density at radius 3 is 2.78 bits per heavy atom. The number of fused-ring (bicyclic) bond motifs is 1. The van der Waals surface area contributed by atoms with Gasteiger partial charge in [0.25, 0.3) is 0 Å². The van der Waals surface area contributed by atoms with Crippen molar-refractivity contribution in [1.82, 2.24) is 4.57 Å². The molecule has 0 aliphatic heterocycles. The van der Waals surface area contributed by atoms with Crippen LogP contribution in [0.3, 0.4) is 0 Å². The highest BCUT2D eigenvalue weighted by Gasteiger charge is 2.09. The number of carbonyl (C=O) groups excluding carboxylic acids is 1. The molecule has 126 valence electrons. The van der Waals surface area contributed by atoms with Crippen molar-refractivity contribution < 1.29 is 14.3 Å². The zero-order valence-corrected chi connectivity index (χ0v) is 14.8. The average Bonchev–Trinajstić information content (AvgIpc) is 2.85. The second kappa shape index (κ2) is 8.84. The van der Waals surface area contributed by atoms with Crippen LogP contribution < -0.4 is 9.54 Å². The number of hydrogen-bond donors (Lipinski definition) is 0. The van der Waals surface area contributed by atoms with Gasteiger partial charge in [0.05, 0.1) is 23.4 Å². The first-order valence-corrected chi connectivity index (χ1v) is 8.92. The van der Waals surface area contributed by atoms with Gasteiger partial charge in [-0.1, -0.05) is 18.3 Å². The van der Waals surface area contributed by atoms with Gasteiger partial charge in [-0.05, 0) is 38.5 Å². The quantitative estimate of drug-likeness (QED) is 0.695. The third-order valence-electron chi connectivity index (χ3n) is 3.31. The second-order valence-electron chi connectivity index (χ2n) is 5.05. The van der Waals surface area contributed by atoms with Crippen LogP contribution in [-0.2, 0) is 16.1 Å². The van der Waals surface area contributed by atoms with Crippen molar-refractivity contribution in [3.63, 3.8) is 0 Å². The first-order valence-electron chi connectivity index (χ1n) is 8.11. The number of carbonyl (C=O) groups is 1. The van der Waals surface area contributed by atoms with Crippen molar-refractivity contribution in [2.45, 2.75) is 40.2 Å². The van der Waals surface area contributed by atoms with Gasteiger partial charge in [-0.15, -0.1) is 0 Å². The lowest BCUT2D eigenvalue weighted by Crippen LogP contribution is -2.19. The van der Waals surface area contributed by atoms with Crippen LogP contribution in [0.4, 0.5) is 0 Å². The van der Waals surface area contributed by atoms with Crippen molar-refractivity contribution in [2.75, 3.05) is 19.8 Å². The van der Waals surface area contributed by atoms with E-state index in [2.05, 4.69) is 9.56 Å². The Morgan fingerprint density at radius 2 is 2.09 bits per heavy atom. The molecule has 0 fully saturated rings. The fourth-order valence-corrected chi connectivity index (χ4v) is 3.39. The molecule has 0 aliphatic rings. The molecule has 1 aromatic carbocycles. The molecule has 0 N–H and O–H groups in total. The van der Waals surface area contributed by atoms with Gasteiger partial charge in [0.1, 0.15) is 5.75 Å². The average molecular weight is 336 g/mol. The van der Waals surface area contributed by atoms with Crippen LogP contribution in [0.2, 0.25) is 0 Å². The lowest BCUT2D eigenvalue weighted by atomic mass is 10.3. The predicted molar refractivity (Wildman–Crippen MR) is 93.0 cm³/mol. The largest absolute Gasteiger partial charge is 0.494 e. The molecule has 0 bridgehead atoms. The number of ether oxygens (including phenoxy) is 2. The van der Waals surface area contributed by atoms with Gasteiger partial charge >= 0.3 is 0 Å². The van der Waals surface area contributed by atoms with E-state index in [0.29, 0.717) is 32.8 Å². The molecule has 2 rings (SSSR count). The van der Waals surface area contributed by atoms with E-state index < -0.39 is 0 Å². The van der Waals surface area contributed by atoms with Gasteiger partial charge in [-0.25, -0.2) is 0 Å². The van der Waals surface area contributed by atoms with Crippen molar-refractivity contribution in [2.24, 2.45) is 4.99 Å². The van der Waals surface area contributed by atoms with Gasteiger partial charge in [0.2, 0.25) is 5.91 Å². The van der Waals surface area contributed by atoms with E-state index in [1.165, 1.54) is 11.3 Å². The molecule has 1 amide bonds. The molecule has 2 aromatic rings. The lowest BCUT2D eigenvalue weighted by molar-refractivity contribution is -0.118. The Balaban J connectivity index is 2.44. The number of amides is 1. The first kappa shape index (κ1) is 17.7. The maximum Gasteiger partial charge on any atom is 0.248 e. The van der Waals surface area contributed by atoms with E-state index in [4.69, 9.17) is 9.47 Å². The summed E-state index contributed by atoms with van der Waals surface area (Å²) in [5, 5.41) is 0. The molecule has 1 heterocycles. The molecule has 0 radical (unpaired) electrons. The van der Waals surface area contributed by atoms with Crippen LogP contribution in [-0.4, -0.2) is 30.3 Å². The van der Waals surface area contributed by atoms with E-state index in [-0.39, 0.29) is 5.91 Å². The zero-order valence-electron chi connectivity index (χ0n) is 14.0. The van der Waals surface area contributed by atoms with Crippen molar-refractivity contribution in [3.8, 4) is 5.75 Å². The van der Waals surface area contributed by atoms with Gasteiger partial charge < -0.3 is 14.0 Å². The molecule has 0 aliphatic carbocycles. The van der Waals surface area contributed by atoms with Gasteiger partial charge in [-0.3, -0.25) is 4.79 Å². The lowest BCUT2D eigenvalue weighted by Gasteiger charge is -2.06. The van der Waals surface area contributed by atoms with E-state index in [9.17, 15) is 4.79 Å². The summed E-state index contributed by atoms with van der Waals surface area (Å²) in [7, 11) is 0. The SMILES string of the molecule is CCCC(=O)N=c1sc2cc(OCC)ccc2n1CCOCC. The number of nitrogens with zero attached hydrogens (tertiary/aromatic N) is 2. The van der Waals surface area contributed by atoms with Crippen LogP contribution in [0.25, 0.3) is 10.2 Å². The summed E-state index contributed by atoms with van der Waals surface area (Å²) >= 11 is 1.52. The monoisotopic (exact) mass is 336 g/mol. The highest BCUT2D eigenvalue weighted by atomic mass is 32.1. The minimum absolute atomic E-state index is 0.0748. The molecule has 0 unspecified atom stereocenters. The molecule has 5 nitrogen and oxygen atoms in total. The fraction of sp³-hybridized carbons (Fsp3) is 0.529. The molecular weight excluding hydrogens is 312 g/mol. The fourth-order valence-electron chi connectivity index (χ4n) is 2.29. The highest BCUT2D eigenvalue weighted by Crippen LogP contribution is 2.23. The van der Waals surface area contributed by atoms with Gasteiger partial charge in [0, 0.05) is 19.6 Å². The standard InChI is InChI=1S/C17H24N2O3S/c1-4-7-16(20)18-17-19(10-11-21-5-2)14-9-8-13(22-6-3)12-15(14)23-17/h8-9,12H,4-7,10-11H2,1-3H3. The summed E-state index contributed by atoms with van der Waals surface area (Å²) in [5.74, 6) is 0.763. The van der Waals surface area contributed by atoms with E-state index in [0.717, 1.165) is 27.2 Å². The molecule has 0 atom stereocenters.